The molecule has 0 aliphatic carbocycles. The molecule has 0 saturated heterocycles. The van der Waals surface area contributed by atoms with Crippen LogP contribution in [0.4, 0.5) is 0 Å². The van der Waals surface area contributed by atoms with Crippen molar-refractivity contribution in [1.82, 2.24) is 9.88 Å². The van der Waals surface area contributed by atoms with Crippen LogP contribution in [0.25, 0.3) is 11.3 Å². The third-order valence-corrected chi connectivity index (χ3v) is 2.97. The van der Waals surface area contributed by atoms with Crippen molar-refractivity contribution < 1.29 is 9.21 Å². The lowest BCUT2D eigenvalue weighted by Gasteiger charge is -2.07. The number of oxazole rings is 1. The molecule has 0 radical (unpaired) electrons. The molecule has 0 aliphatic rings. The first-order chi connectivity index (χ1) is 8.56. The zero-order valence-electron chi connectivity index (χ0n) is 10.2. The lowest BCUT2D eigenvalue weighted by atomic mass is 10.2. The van der Waals surface area contributed by atoms with Gasteiger partial charge < -0.3 is 9.32 Å². The zero-order chi connectivity index (χ0) is 13.1. The average Bonchev–Trinajstić information content (AvgIpc) is 2.77. The molecule has 0 unspecified atom stereocenters. The van der Waals surface area contributed by atoms with Crippen LogP contribution in [0.5, 0.6) is 0 Å². The lowest BCUT2D eigenvalue weighted by molar-refractivity contribution is -0.128. The van der Waals surface area contributed by atoms with Crippen LogP contribution in [-0.2, 0) is 11.2 Å². The minimum atomic E-state index is -0.0300. The number of likely N-dealkylation sites (N-methyl/N-ethyl adjacent to an activating group) is 1. The molecule has 0 N–H and O–H groups in total. The Morgan fingerprint density at radius 3 is 2.89 bits per heavy atom. The molecule has 5 heteroatoms. The van der Waals surface area contributed by atoms with E-state index in [0.717, 1.165) is 15.7 Å². The fraction of sp³-hybridized carbons (Fsp3) is 0.231. The van der Waals surface area contributed by atoms with Gasteiger partial charge >= 0.3 is 0 Å². The van der Waals surface area contributed by atoms with Crippen molar-refractivity contribution in [3.05, 3.63) is 40.9 Å². The van der Waals surface area contributed by atoms with Crippen LogP contribution in [0, 0.1) is 0 Å². The summed E-state index contributed by atoms with van der Waals surface area (Å²) in [5, 5.41) is 0. The summed E-state index contributed by atoms with van der Waals surface area (Å²) in [5.74, 6) is 0.404. The SMILES string of the molecule is CN(C)C(=O)Cc1nc(-c2cccc(Br)c2)co1. The standard InChI is InChI=1S/C13H13BrN2O2/c1-16(2)13(17)7-12-15-11(8-18-12)9-4-3-5-10(14)6-9/h3-6,8H,7H2,1-2H3. The molecule has 2 aromatic rings. The van der Waals surface area contributed by atoms with Gasteiger partial charge in [-0.15, -0.1) is 0 Å². The molecule has 0 aliphatic heterocycles. The van der Waals surface area contributed by atoms with Gasteiger partial charge in [0.25, 0.3) is 0 Å². The van der Waals surface area contributed by atoms with Gasteiger partial charge in [0.2, 0.25) is 11.8 Å². The predicted octanol–water partition coefficient (Wildman–Crippen LogP) is 2.73. The van der Waals surface area contributed by atoms with Gasteiger partial charge in [-0.1, -0.05) is 28.1 Å². The molecule has 0 atom stereocenters. The number of rotatable bonds is 3. The first kappa shape index (κ1) is 12.8. The molecule has 0 fully saturated rings. The summed E-state index contributed by atoms with van der Waals surface area (Å²) >= 11 is 3.41. The second-order valence-corrected chi connectivity index (χ2v) is 5.02. The highest BCUT2D eigenvalue weighted by Crippen LogP contribution is 2.22. The molecule has 1 heterocycles. The molecule has 0 spiro atoms. The average molecular weight is 309 g/mol. The van der Waals surface area contributed by atoms with E-state index in [-0.39, 0.29) is 12.3 Å². The van der Waals surface area contributed by atoms with Gasteiger partial charge in [-0.05, 0) is 12.1 Å². The Hall–Kier alpha value is -1.62. The Kier molecular flexibility index (Phi) is 3.81. The fourth-order valence-corrected chi connectivity index (χ4v) is 1.86. The Morgan fingerprint density at radius 1 is 1.44 bits per heavy atom. The van der Waals surface area contributed by atoms with Crippen molar-refractivity contribution >= 4 is 21.8 Å². The van der Waals surface area contributed by atoms with E-state index >= 15 is 0 Å². The Labute approximate surface area is 114 Å². The molecular weight excluding hydrogens is 296 g/mol. The van der Waals surface area contributed by atoms with E-state index in [1.807, 2.05) is 24.3 Å². The van der Waals surface area contributed by atoms with Gasteiger partial charge in [-0.3, -0.25) is 4.79 Å². The third kappa shape index (κ3) is 2.98. The molecule has 18 heavy (non-hydrogen) atoms. The highest BCUT2D eigenvalue weighted by Gasteiger charge is 2.12. The molecule has 94 valence electrons. The predicted molar refractivity (Wildman–Crippen MR) is 72.0 cm³/mol. The number of benzene rings is 1. The van der Waals surface area contributed by atoms with Crippen molar-refractivity contribution in [3.63, 3.8) is 0 Å². The summed E-state index contributed by atoms with van der Waals surface area (Å²) in [6.45, 7) is 0. The summed E-state index contributed by atoms with van der Waals surface area (Å²) in [4.78, 5) is 17.4. The number of carbonyl (C=O) groups excluding carboxylic acids is 1. The maximum atomic E-state index is 11.5. The zero-order valence-corrected chi connectivity index (χ0v) is 11.8. The Balaban J connectivity index is 2.18. The summed E-state index contributed by atoms with van der Waals surface area (Å²) < 4.78 is 6.29. The molecule has 1 aromatic carbocycles. The number of amides is 1. The molecule has 4 nitrogen and oxygen atoms in total. The van der Waals surface area contributed by atoms with Crippen molar-refractivity contribution in [2.24, 2.45) is 0 Å². The molecule has 2 rings (SSSR count). The van der Waals surface area contributed by atoms with E-state index in [1.54, 1.807) is 20.4 Å². The van der Waals surface area contributed by atoms with Crippen LogP contribution in [0.3, 0.4) is 0 Å². The van der Waals surface area contributed by atoms with Crippen LogP contribution >= 0.6 is 15.9 Å². The maximum Gasteiger partial charge on any atom is 0.231 e. The summed E-state index contributed by atoms with van der Waals surface area (Å²) in [7, 11) is 3.42. The van der Waals surface area contributed by atoms with Crippen LogP contribution < -0.4 is 0 Å². The van der Waals surface area contributed by atoms with E-state index in [9.17, 15) is 4.79 Å². The topological polar surface area (TPSA) is 46.3 Å². The normalized spacial score (nSPS) is 10.4. The van der Waals surface area contributed by atoms with E-state index in [1.165, 1.54) is 4.90 Å². The number of aromatic nitrogens is 1. The molecule has 0 saturated carbocycles. The minimum Gasteiger partial charge on any atom is -0.448 e. The first-order valence-corrected chi connectivity index (χ1v) is 6.26. The Morgan fingerprint density at radius 2 is 2.22 bits per heavy atom. The van der Waals surface area contributed by atoms with Gasteiger partial charge in [0, 0.05) is 24.1 Å². The molecular formula is C13H13BrN2O2. The number of hydrogen-bond donors (Lipinski definition) is 0. The van der Waals surface area contributed by atoms with Crippen molar-refractivity contribution in [1.29, 1.82) is 0 Å². The number of carbonyl (C=O) groups is 1. The Bertz CT molecular complexity index is 564. The third-order valence-electron chi connectivity index (χ3n) is 2.47. The van der Waals surface area contributed by atoms with Crippen LogP contribution in [0.2, 0.25) is 0 Å². The second kappa shape index (κ2) is 5.35. The maximum absolute atomic E-state index is 11.5. The monoisotopic (exact) mass is 308 g/mol. The second-order valence-electron chi connectivity index (χ2n) is 4.10. The van der Waals surface area contributed by atoms with Crippen molar-refractivity contribution in [3.8, 4) is 11.3 Å². The van der Waals surface area contributed by atoms with Gasteiger partial charge in [0.1, 0.15) is 18.4 Å². The lowest BCUT2D eigenvalue weighted by Crippen LogP contribution is -2.23. The van der Waals surface area contributed by atoms with Gasteiger partial charge in [0.05, 0.1) is 0 Å². The fourth-order valence-electron chi connectivity index (χ4n) is 1.46. The van der Waals surface area contributed by atoms with Gasteiger partial charge in [0.15, 0.2) is 0 Å². The highest BCUT2D eigenvalue weighted by atomic mass is 79.9. The summed E-state index contributed by atoms with van der Waals surface area (Å²) in [5.41, 5.74) is 1.69. The number of halogens is 1. The van der Waals surface area contributed by atoms with Crippen LogP contribution in [-0.4, -0.2) is 29.9 Å². The first-order valence-electron chi connectivity index (χ1n) is 5.47. The largest absolute Gasteiger partial charge is 0.448 e. The smallest absolute Gasteiger partial charge is 0.231 e. The molecule has 1 amide bonds. The van der Waals surface area contributed by atoms with Gasteiger partial charge in [-0.2, -0.15) is 0 Å². The van der Waals surface area contributed by atoms with Crippen LogP contribution in [0.15, 0.2) is 39.4 Å². The van der Waals surface area contributed by atoms with Crippen molar-refractivity contribution in [2.75, 3.05) is 14.1 Å². The number of nitrogens with zero attached hydrogens (tertiary/aromatic N) is 2. The quantitative estimate of drug-likeness (QED) is 0.876. The van der Waals surface area contributed by atoms with Crippen molar-refractivity contribution in [2.45, 2.75) is 6.42 Å². The van der Waals surface area contributed by atoms with Crippen LogP contribution in [0.1, 0.15) is 5.89 Å². The van der Waals surface area contributed by atoms with Gasteiger partial charge in [-0.25, -0.2) is 4.98 Å². The van der Waals surface area contributed by atoms with E-state index in [4.69, 9.17) is 4.42 Å². The highest BCUT2D eigenvalue weighted by molar-refractivity contribution is 9.10. The molecule has 1 aromatic heterocycles. The van der Waals surface area contributed by atoms with E-state index in [0.29, 0.717) is 5.89 Å². The van der Waals surface area contributed by atoms with E-state index < -0.39 is 0 Å². The summed E-state index contributed by atoms with van der Waals surface area (Å²) in [6.07, 6.45) is 1.75. The minimum absolute atomic E-state index is 0.0300. The summed E-state index contributed by atoms with van der Waals surface area (Å²) in [6, 6.07) is 7.77. The number of hydrogen-bond acceptors (Lipinski definition) is 3. The van der Waals surface area contributed by atoms with E-state index in [2.05, 4.69) is 20.9 Å². The molecule has 0 bridgehead atoms.